The lowest BCUT2D eigenvalue weighted by atomic mass is 9.80. The minimum atomic E-state index is -0.638. The third-order valence-corrected chi connectivity index (χ3v) is 3.42. The van der Waals surface area contributed by atoms with Crippen LogP contribution in [0.1, 0.15) is 46.0 Å². The van der Waals surface area contributed by atoms with Crippen LogP contribution in [-0.2, 0) is 4.79 Å². The molecule has 0 aromatic heterocycles. The Balaban J connectivity index is 2.10. The topological polar surface area (TPSA) is 49.3 Å². The van der Waals surface area contributed by atoms with E-state index in [4.69, 9.17) is 5.11 Å². The summed E-state index contributed by atoms with van der Waals surface area (Å²) < 4.78 is 0. The summed E-state index contributed by atoms with van der Waals surface area (Å²) in [6.07, 6.45) is 4.96. The Kier molecular flexibility index (Phi) is 5.81. The first-order valence-electron chi connectivity index (χ1n) is 6.50. The number of carboxylic acid groups (broad SMARTS) is 1. The molecule has 2 N–H and O–H groups in total. The molecule has 0 saturated heterocycles. The van der Waals surface area contributed by atoms with Gasteiger partial charge in [0.05, 0.1) is 0 Å². The molecule has 0 radical (unpaired) electrons. The summed E-state index contributed by atoms with van der Waals surface area (Å²) in [5.74, 6) is 1.27. The Morgan fingerprint density at radius 1 is 1.25 bits per heavy atom. The van der Waals surface area contributed by atoms with Gasteiger partial charge in [-0.15, -0.1) is 0 Å². The van der Waals surface area contributed by atoms with Crippen LogP contribution in [0.15, 0.2) is 0 Å². The number of hydrogen-bond donors (Lipinski definition) is 2. The van der Waals surface area contributed by atoms with Gasteiger partial charge in [0.1, 0.15) is 0 Å². The van der Waals surface area contributed by atoms with Gasteiger partial charge in [-0.1, -0.05) is 13.8 Å². The van der Waals surface area contributed by atoms with E-state index in [1.54, 1.807) is 0 Å². The number of carbonyl (C=O) groups is 1. The molecule has 1 aliphatic rings. The van der Waals surface area contributed by atoms with Crippen molar-refractivity contribution in [2.75, 3.05) is 13.1 Å². The first kappa shape index (κ1) is 13.5. The molecule has 1 saturated carbocycles. The predicted molar refractivity (Wildman–Crippen MR) is 65.4 cm³/mol. The highest BCUT2D eigenvalue weighted by atomic mass is 16.4. The van der Waals surface area contributed by atoms with Gasteiger partial charge in [0, 0.05) is 6.42 Å². The minimum Gasteiger partial charge on any atom is -0.481 e. The molecule has 0 aliphatic heterocycles. The molecule has 0 atom stereocenters. The molecule has 3 heteroatoms. The van der Waals surface area contributed by atoms with Gasteiger partial charge in [0.15, 0.2) is 0 Å². The van der Waals surface area contributed by atoms with Gasteiger partial charge in [0.25, 0.3) is 0 Å². The minimum absolute atomic E-state index is 0.367. The standard InChI is InChI=1S/C13H25NO2/c1-10(2)8-14-9-12-5-3-11(4-6-12)7-13(15)16/h10-12,14H,3-9H2,1-2H3,(H,15,16). The van der Waals surface area contributed by atoms with Crippen LogP contribution in [0.5, 0.6) is 0 Å². The van der Waals surface area contributed by atoms with E-state index in [-0.39, 0.29) is 0 Å². The zero-order valence-corrected chi connectivity index (χ0v) is 10.5. The molecule has 0 heterocycles. The molecule has 16 heavy (non-hydrogen) atoms. The van der Waals surface area contributed by atoms with E-state index in [2.05, 4.69) is 19.2 Å². The van der Waals surface area contributed by atoms with Crippen molar-refractivity contribution in [2.45, 2.75) is 46.0 Å². The highest BCUT2D eigenvalue weighted by Gasteiger charge is 2.22. The third-order valence-electron chi connectivity index (χ3n) is 3.42. The number of hydrogen-bond acceptors (Lipinski definition) is 2. The van der Waals surface area contributed by atoms with Crippen molar-refractivity contribution in [2.24, 2.45) is 17.8 Å². The highest BCUT2D eigenvalue weighted by Crippen LogP contribution is 2.30. The maximum absolute atomic E-state index is 10.6. The second-order valence-electron chi connectivity index (χ2n) is 5.54. The normalized spacial score (nSPS) is 25.9. The summed E-state index contributed by atoms with van der Waals surface area (Å²) in [4.78, 5) is 10.6. The Labute approximate surface area is 98.6 Å². The fourth-order valence-electron chi connectivity index (χ4n) is 2.46. The average molecular weight is 227 g/mol. The van der Waals surface area contributed by atoms with Gasteiger partial charge in [-0.05, 0) is 56.5 Å². The predicted octanol–water partition coefficient (Wildman–Crippen LogP) is 2.51. The van der Waals surface area contributed by atoms with Crippen LogP contribution >= 0.6 is 0 Å². The number of carboxylic acids is 1. The summed E-state index contributed by atoms with van der Waals surface area (Å²) in [6.45, 7) is 6.64. The van der Waals surface area contributed by atoms with Crippen molar-refractivity contribution in [3.05, 3.63) is 0 Å². The quantitative estimate of drug-likeness (QED) is 0.733. The van der Waals surface area contributed by atoms with Crippen molar-refractivity contribution in [1.82, 2.24) is 5.32 Å². The molecular formula is C13H25NO2. The van der Waals surface area contributed by atoms with Crippen LogP contribution in [-0.4, -0.2) is 24.2 Å². The van der Waals surface area contributed by atoms with E-state index in [0.717, 1.165) is 31.8 Å². The maximum Gasteiger partial charge on any atom is 0.303 e. The van der Waals surface area contributed by atoms with Gasteiger partial charge in [-0.25, -0.2) is 0 Å². The van der Waals surface area contributed by atoms with E-state index in [1.165, 1.54) is 12.8 Å². The molecule has 0 amide bonds. The second kappa shape index (κ2) is 6.89. The molecule has 0 aromatic carbocycles. The lowest BCUT2D eigenvalue weighted by molar-refractivity contribution is -0.138. The number of aliphatic carboxylic acids is 1. The van der Waals surface area contributed by atoms with Crippen molar-refractivity contribution in [1.29, 1.82) is 0 Å². The van der Waals surface area contributed by atoms with Gasteiger partial charge in [-0.2, -0.15) is 0 Å². The molecule has 1 fully saturated rings. The first-order valence-corrected chi connectivity index (χ1v) is 6.50. The molecule has 3 nitrogen and oxygen atoms in total. The van der Waals surface area contributed by atoms with E-state index in [1.807, 2.05) is 0 Å². The third kappa shape index (κ3) is 5.50. The van der Waals surface area contributed by atoms with Crippen molar-refractivity contribution >= 4 is 5.97 Å². The Morgan fingerprint density at radius 3 is 2.31 bits per heavy atom. The molecule has 94 valence electrons. The molecule has 0 aromatic rings. The van der Waals surface area contributed by atoms with Crippen LogP contribution in [0, 0.1) is 17.8 Å². The smallest absolute Gasteiger partial charge is 0.303 e. The summed E-state index contributed by atoms with van der Waals surface area (Å²) in [5.41, 5.74) is 0. The lowest BCUT2D eigenvalue weighted by Crippen LogP contribution is -2.29. The molecule has 1 aliphatic carbocycles. The van der Waals surface area contributed by atoms with Gasteiger partial charge < -0.3 is 10.4 Å². The van der Waals surface area contributed by atoms with E-state index >= 15 is 0 Å². The SMILES string of the molecule is CC(C)CNCC1CCC(CC(=O)O)CC1. The van der Waals surface area contributed by atoms with E-state index in [9.17, 15) is 4.79 Å². The van der Waals surface area contributed by atoms with Crippen molar-refractivity contribution in [3.63, 3.8) is 0 Å². The fourth-order valence-corrected chi connectivity index (χ4v) is 2.46. The lowest BCUT2D eigenvalue weighted by Gasteiger charge is -2.28. The summed E-state index contributed by atoms with van der Waals surface area (Å²) in [6, 6.07) is 0. The van der Waals surface area contributed by atoms with Crippen LogP contribution in [0.25, 0.3) is 0 Å². The van der Waals surface area contributed by atoms with Gasteiger partial charge in [-0.3, -0.25) is 4.79 Å². The summed E-state index contributed by atoms with van der Waals surface area (Å²) in [5, 5.41) is 12.2. The van der Waals surface area contributed by atoms with Gasteiger partial charge in [0.2, 0.25) is 0 Å². The zero-order chi connectivity index (χ0) is 12.0. The maximum atomic E-state index is 10.6. The van der Waals surface area contributed by atoms with E-state index in [0.29, 0.717) is 18.3 Å². The number of nitrogens with one attached hydrogen (secondary N) is 1. The van der Waals surface area contributed by atoms with Crippen LogP contribution < -0.4 is 5.32 Å². The van der Waals surface area contributed by atoms with Crippen molar-refractivity contribution in [3.8, 4) is 0 Å². The van der Waals surface area contributed by atoms with E-state index < -0.39 is 5.97 Å². The highest BCUT2D eigenvalue weighted by molar-refractivity contribution is 5.67. The summed E-state index contributed by atoms with van der Waals surface area (Å²) >= 11 is 0. The number of rotatable bonds is 6. The summed E-state index contributed by atoms with van der Waals surface area (Å²) in [7, 11) is 0. The Hall–Kier alpha value is -0.570. The first-order chi connectivity index (χ1) is 7.58. The molecule has 0 spiro atoms. The largest absolute Gasteiger partial charge is 0.481 e. The van der Waals surface area contributed by atoms with Crippen LogP contribution in [0.3, 0.4) is 0 Å². The monoisotopic (exact) mass is 227 g/mol. The molecule has 0 bridgehead atoms. The van der Waals surface area contributed by atoms with Crippen LogP contribution in [0.4, 0.5) is 0 Å². The Bertz CT molecular complexity index is 208. The second-order valence-corrected chi connectivity index (χ2v) is 5.54. The zero-order valence-electron chi connectivity index (χ0n) is 10.5. The average Bonchev–Trinajstić information content (AvgIpc) is 2.19. The van der Waals surface area contributed by atoms with Gasteiger partial charge >= 0.3 is 5.97 Å². The Morgan fingerprint density at radius 2 is 1.81 bits per heavy atom. The molecule has 1 rings (SSSR count). The van der Waals surface area contributed by atoms with Crippen molar-refractivity contribution < 1.29 is 9.90 Å². The molecular weight excluding hydrogens is 202 g/mol. The molecule has 0 unspecified atom stereocenters. The fraction of sp³-hybridized carbons (Fsp3) is 0.923. The van der Waals surface area contributed by atoms with Crippen LogP contribution in [0.2, 0.25) is 0 Å².